The van der Waals surface area contributed by atoms with Gasteiger partial charge in [0.2, 0.25) is 12.1 Å². The number of aromatic nitrogens is 2. The molecule has 43 heavy (non-hydrogen) atoms. The van der Waals surface area contributed by atoms with Crippen molar-refractivity contribution < 1.29 is 67.3 Å². The van der Waals surface area contributed by atoms with Gasteiger partial charge in [-0.25, -0.2) is 9.59 Å². The molecule has 0 aromatic carbocycles. The van der Waals surface area contributed by atoms with Crippen molar-refractivity contribution in [1.82, 2.24) is 9.55 Å². The van der Waals surface area contributed by atoms with Crippen LogP contribution in [0.1, 0.15) is 38.8 Å². The van der Waals surface area contributed by atoms with E-state index in [-0.39, 0.29) is 18.8 Å². The monoisotopic (exact) mass is 624 g/mol. The number of rotatable bonds is 13. The second kappa shape index (κ2) is 14.9. The summed E-state index contributed by atoms with van der Waals surface area (Å²) in [7, 11) is 0. The van der Waals surface area contributed by atoms with Gasteiger partial charge in [-0.3, -0.25) is 14.2 Å². The summed E-state index contributed by atoms with van der Waals surface area (Å²) >= 11 is 0. The summed E-state index contributed by atoms with van der Waals surface area (Å²) in [5, 5.41) is 41.8. The Morgan fingerprint density at radius 3 is 2.47 bits per heavy atom. The van der Waals surface area contributed by atoms with Crippen LogP contribution < -0.4 is 16.7 Å². The number of alkyl halides is 2. The van der Waals surface area contributed by atoms with Crippen molar-refractivity contribution in [3.05, 3.63) is 22.7 Å². The number of unbranched alkanes of at least 4 members (excludes halogenated alkanes) is 2. The smallest absolute Gasteiger partial charge is 0.404 e. The highest BCUT2D eigenvalue weighted by Crippen LogP contribution is 2.42. The quantitative estimate of drug-likeness (QED) is 0.104. The molecule has 3 heterocycles. The Hall–Kier alpha value is -3.33. The molecule has 2 fully saturated rings. The van der Waals surface area contributed by atoms with Gasteiger partial charge in [-0.2, -0.15) is 13.8 Å². The van der Waals surface area contributed by atoms with E-state index in [0.717, 1.165) is 19.2 Å². The number of anilines is 1. The van der Waals surface area contributed by atoms with E-state index in [1.165, 1.54) is 0 Å². The number of aliphatic hydroxyl groups excluding tert-OH is 4. The lowest BCUT2D eigenvalue weighted by Crippen LogP contribution is -2.61. The molecule has 0 radical (unpaired) electrons. The number of carbonyl (C=O) groups excluding carboxylic acids is 3. The molecule has 0 saturated carbocycles. The van der Waals surface area contributed by atoms with Crippen LogP contribution >= 0.6 is 0 Å². The van der Waals surface area contributed by atoms with Crippen LogP contribution in [-0.4, -0.2) is 117 Å². The predicted molar refractivity (Wildman–Crippen MR) is 135 cm³/mol. The van der Waals surface area contributed by atoms with Gasteiger partial charge >= 0.3 is 23.7 Å². The van der Waals surface area contributed by atoms with Crippen LogP contribution in [0, 0.1) is 0 Å². The Bertz CT molecular complexity index is 1190. The molecule has 2 saturated heterocycles. The highest BCUT2D eigenvalue weighted by Gasteiger charge is 2.59. The number of esters is 1. The van der Waals surface area contributed by atoms with Crippen LogP contribution in [0.15, 0.2) is 17.1 Å². The molecule has 2 aliphatic heterocycles. The third kappa shape index (κ3) is 8.62. The number of primary amides is 1. The predicted octanol–water partition coefficient (Wildman–Crippen LogP) is -1.88. The Kier molecular flexibility index (Phi) is 11.8. The molecule has 242 valence electrons. The first kappa shape index (κ1) is 34.2. The number of hydrogen-bond donors (Lipinski definition) is 6. The van der Waals surface area contributed by atoms with E-state index < -0.39 is 91.9 Å². The number of ether oxygens (including phenoxy) is 5. The first-order valence-electron chi connectivity index (χ1n) is 13.2. The summed E-state index contributed by atoms with van der Waals surface area (Å²) in [6.45, 7) is -0.141. The molecule has 2 aliphatic rings. The molecule has 0 spiro atoms. The fraction of sp³-hybridized carbons (Fsp3) is 0.708. The van der Waals surface area contributed by atoms with Crippen molar-refractivity contribution in [3.63, 3.8) is 0 Å². The maximum Gasteiger partial charge on any atom is 0.404 e. The second-order valence-electron chi connectivity index (χ2n) is 9.79. The second-order valence-corrected chi connectivity index (χ2v) is 9.79. The molecule has 0 aliphatic carbocycles. The number of carbonyl (C=O) groups is 3. The van der Waals surface area contributed by atoms with E-state index in [1.54, 1.807) is 0 Å². The van der Waals surface area contributed by atoms with E-state index in [1.807, 2.05) is 0 Å². The zero-order valence-corrected chi connectivity index (χ0v) is 22.9. The first-order chi connectivity index (χ1) is 20.3. The molecule has 7 N–H and O–H groups in total. The summed E-state index contributed by atoms with van der Waals surface area (Å²) < 4.78 is 54.5. The Labute approximate surface area is 242 Å². The van der Waals surface area contributed by atoms with Gasteiger partial charge in [-0.15, -0.1) is 0 Å². The minimum Gasteiger partial charge on any atom is -0.463 e. The van der Waals surface area contributed by atoms with Crippen molar-refractivity contribution in [2.24, 2.45) is 5.73 Å². The van der Waals surface area contributed by atoms with Crippen LogP contribution in [0.25, 0.3) is 0 Å². The number of amides is 2. The largest absolute Gasteiger partial charge is 0.463 e. The van der Waals surface area contributed by atoms with Gasteiger partial charge in [0.25, 0.3) is 0 Å². The van der Waals surface area contributed by atoms with E-state index in [2.05, 4.69) is 10.3 Å². The van der Waals surface area contributed by atoms with Gasteiger partial charge < -0.3 is 55.2 Å². The number of nitrogens with two attached hydrogens (primary N) is 1. The van der Waals surface area contributed by atoms with E-state index in [4.69, 9.17) is 34.5 Å². The molecule has 3 rings (SSSR count). The van der Waals surface area contributed by atoms with Gasteiger partial charge in [0.15, 0.2) is 18.5 Å². The van der Waals surface area contributed by atoms with Crippen molar-refractivity contribution in [1.29, 1.82) is 0 Å². The zero-order chi connectivity index (χ0) is 31.9. The Morgan fingerprint density at radius 2 is 1.86 bits per heavy atom. The lowest BCUT2D eigenvalue weighted by molar-refractivity contribution is -0.300. The van der Waals surface area contributed by atoms with Crippen LogP contribution in [0.5, 0.6) is 0 Å². The maximum absolute atomic E-state index is 14.3. The number of halogens is 2. The average molecular weight is 625 g/mol. The van der Waals surface area contributed by atoms with Crippen LogP contribution in [0.2, 0.25) is 0 Å². The summed E-state index contributed by atoms with van der Waals surface area (Å²) in [5.74, 6) is -5.25. The van der Waals surface area contributed by atoms with Gasteiger partial charge in [0.1, 0.15) is 36.8 Å². The highest BCUT2D eigenvalue weighted by atomic mass is 19.3. The van der Waals surface area contributed by atoms with Gasteiger partial charge in [0.05, 0.1) is 6.61 Å². The van der Waals surface area contributed by atoms with E-state index in [9.17, 15) is 43.3 Å². The van der Waals surface area contributed by atoms with E-state index >= 15 is 0 Å². The first-order valence-corrected chi connectivity index (χ1v) is 13.2. The summed E-state index contributed by atoms with van der Waals surface area (Å²) in [5.41, 5.74) is 3.82. The van der Waals surface area contributed by atoms with Crippen molar-refractivity contribution in [2.75, 3.05) is 25.1 Å². The third-order valence-electron chi connectivity index (χ3n) is 6.58. The topological polar surface area (TPSA) is 251 Å². The summed E-state index contributed by atoms with van der Waals surface area (Å²) in [6, 6.07) is 1.10. The number of hydrogen-bond acceptors (Lipinski definition) is 14. The van der Waals surface area contributed by atoms with E-state index in [0.29, 0.717) is 23.8 Å². The average Bonchev–Trinajstić information content (AvgIpc) is 3.16. The Morgan fingerprint density at radius 1 is 1.14 bits per heavy atom. The fourth-order valence-electron chi connectivity index (χ4n) is 4.40. The molecule has 2 amide bonds. The lowest BCUT2D eigenvalue weighted by Gasteiger charge is -2.41. The lowest BCUT2D eigenvalue weighted by atomic mass is 9.99. The molecule has 19 heteroatoms. The molecule has 17 nitrogen and oxygen atoms in total. The minimum atomic E-state index is -3.87. The minimum absolute atomic E-state index is 0.00727. The Balaban J connectivity index is 1.43. The van der Waals surface area contributed by atoms with Gasteiger partial charge in [-0.1, -0.05) is 6.42 Å². The van der Waals surface area contributed by atoms with Crippen LogP contribution in [-0.2, 0) is 33.3 Å². The molecule has 1 aromatic rings. The van der Waals surface area contributed by atoms with Crippen LogP contribution in [0.4, 0.5) is 19.4 Å². The number of nitrogens with zero attached hydrogens (tertiary/aromatic N) is 2. The SMILES string of the molecule is CC(=O)OC[C@H]1OC(OCCCCCC(=O)Nc2ccn(C3OC(CO)C(O)C3(F)F)c(=O)n2)[C@@H](O)[C@@H](OC(N)=O)[C@@H]1O. The highest BCUT2D eigenvalue weighted by molar-refractivity contribution is 5.89. The fourth-order valence-corrected chi connectivity index (χ4v) is 4.40. The summed E-state index contributed by atoms with van der Waals surface area (Å²) in [4.78, 5) is 50.4. The van der Waals surface area contributed by atoms with Gasteiger partial charge in [-0.05, 0) is 18.9 Å². The molecule has 0 bridgehead atoms. The maximum atomic E-state index is 14.3. The van der Waals surface area contributed by atoms with Crippen molar-refractivity contribution >= 4 is 23.8 Å². The molecular formula is C24H34F2N4O13. The van der Waals surface area contributed by atoms with Crippen molar-refractivity contribution in [2.45, 2.75) is 87.7 Å². The zero-order valence-electron chi connectivity index (χ0n) is 22.9. The van der Waals surface area contributed by atoms with Crippen molar-refractivity contribution in [3.8, 4) is 0 Å². The summed E-state index contributed by atoms with van der Waals surface area (Å²) in [6.07, 6.45) is -12.5. The molecule has 8 atom stereocenters. The number of aliphatic hydroxyl groups is 4. The molecular weight excluding hydrogens is 590 g/mol. The molecule has 4 unspecified atom stereocenters. The third-order valence-corrected chi connectivity index (χ3v) is 6.58. The normalized spacial score (nSPS) is 30.0. The van der Waals surface area contributed by atoms with Crippen LogP contribution in [0.3, 0.4) is 0 Å². The standard InChI is InChI=1S/C24H34F2N4O13/c1-11(32)40-10-13-16(34)18(43-22(27)37)17(35)20(41-13)39-8-4-2-3-5-15(33)28-14-6-7-30(23(38)29-14)21-24(25,26)19(36)12(9-31)42-21/h6-7,12-13,16-21,31,34-36H,2-5,8-10H2,1H3,(H2,27,37)(H,28,29,33,38)/t12?,13-,16-,17+,18+,19?,20?,21?/m1/s1. The molecule has 1 aromatic heterocycles. The number of nitrogens with one attached hydrogen (secondary N) is 1. The van der Waals surface area contributed by atoms with Gasteiger partial charge in [0, 0.05) is 26.1 Å².